The maximum absolute atomic E-state index is 11.2. The van der Waals surface area contributed by atoms with Gasteiger partial charge in [0.1, 0.15) is 5.60 Å². The predicted octanol–water partition coefficient (Wildman–Crippen LogP) is 0.725. The monoisotopic (exact) mass is 190 g/mol. The maximum atomic E-state index is 11.2. The third-order valence-electron chi connectivity index (χ3n) is 1.35. The number of aliphatic hydroxyl groups is 1. The summed E-state index contributed by atoms with van der Waals surface area (Å²) in [7, 11) is 1.45. The van der Waals surface area contributed by atoms with Crippen molar-refractivity contribution in [2.75, 3.05) is 13.7 Å². The summed E-state index contributed by atoms with van der Waals surface area (Å²) in [6.45, 7) is 5.22. The van der Waals surface area contributed by atoms with Crippen LogP contribution in [-0.4, -0.2) is 36.5 Å². The van der Waals surface area contributed by atoms with Crippen molar-refractivity contribution in [1.82, 2.24) is 0 Å². The summed E-state index contributed by atoms with van der Waals surface area (Å²) in [4.78, 5) is 11.2. The van der Waals surface area contributed by atoms with Gasteiger partial charge in [-0.25, -0.2) is 0 Å². The Morgan fingerprint density at radius 3 is 2.31 bits per heavy atom. The van der Waals surface area contributed by atoms with Gasteiger partial charge in [-0.2, -0.15) is 0 Å². The number of esters is 1. The zero-order chi connectivity index (χ0) is 10.5. The molecule has 1 atom stereocenters. The van der Waals surface area contributed by atoms with E-state index in [1.807, 2.05) is 0 Å². The Hall–Kier alpha value is -0.610. The minimum Gasteiger partial charge on any atom is -0.460 e. The number of methoxy groups -OCH3 is 1. The van der Waals surface area contributed by atoms with E-state index in [4.69, 9.17) is 14.6 Å². The molecule has 0 heterocycles. The fraction of sp³-hybridized carbons (Fsp3) is 0.889. The van der Waals surface area contributed by atoms with Crippen LogP contribution in [0.2, 0.25) is 0 Å². The molecule has 0 aliphatic carbocycles. The highest BCUT2D eigenvalue weighted by molar-refractivity contribution is 5.70. The molecule has 0 saturated carbocycles. The first-order valence-corrected chi connectivity index (χ1v) is 4.24. The Kier molecular flexibility index (Phi) is 4.95. The van der Waals surface area contributed by atoms with Crippen LogP contribution in [0, 0.1) is 0 Å². The van der Waals surface area contributed by atoms with E-state index in [1.165, 1.54) is 7.11 Å². The number of hydrogen-bond acceptors (Lipinski definition) is 4. The molecular weight excluding hydrogens is 172 g/mol. The van der Waals surface area contributed by atoms with Crippen molar-refractivity contribution in [3.8, 4) is 0 Å². The van der Waals surface area contributed by atoms with Crippen molar-refractivity contribution in [3.05, 3.63) is 0 Å². The summed E-state index contributed by atoms with van der Waals surface area (Å²) in [6, 6.07) is 0. The molecule has 4 heteroatoms. The lowest BCUT2D eigenvalue weighted by Crippen LogP contribution is -2.28. The highest BCUT2D eigenvalue weighted by Gasteiger charge is 2.19. The molecule has 0 aliphatic heterocycles. The molecule has 0 spiro atoms. The van der Waals surface area contributed by atoms with Gasteiger partial charge in [0.05, 0.1) is 19.1 Å². The Morgan fingerprint density at radius 2 is 2.00 bits per heavy atom. The number of aliphatic hydroxyl groups excluding tert-OH is 1. The molecule has 0 saturated heterocycles. The van der Waals surface area contributed by atoms with Gasteiger partial charge in [-0.15, -0.1) is 0 Å². The van der Waals surface area contributed by atoms with Crippen LogP contribution in [0.5, 0.6) is 0 Å². The van der Waals surface area contributed by atoms with Gasteiger partial charge < -0.3 is 14.6 Å². The molecule has 0 aliphatic rings. The average Bonchev–Trinajstić information content (AvgIpc) is 1.96. The summed E-state index contributed by atoms with van der Waals surface area (Å²) >= 11 is 0. The molecule has 0 bridgehead atoms. The first kappa shape index (κ1) is 12.4. The SMILES string of the molecule is COC(CO)CC(=O)OC(C)(C)C. The lowest BCUT2D eigenvalue weighted by molar-refractivity contribution is -0.158. The fourth-order valence-corrected chi connectivity index (χ4v) is 0.791. The second kappa shape index (κ2) is 5.19. The van der Waals surface area contributed by atoms with Crippen LogP contribution in [0.25, 0.3) is 0 Å². The molecule has 0 radical (unpaired) electrons. The highest BCUT2D eigenvalue weighted by Crippen LogP contribution is 2.09. The van der Waals surface area contributed by atoms with Crippen LogP contribution in [0.4, 0.5) is 0 Å². The standard InChI is InChI=1S/C9H18O4/c1-9(2,3)13-8(11)5-7(6-10)12-4/h7,10H,5-6H2,1-4H3. The molecular formula is C9H18O4. The Bertz CT molecular complexity index is 155. The summed E-state index contributed by atoms with van der Waals surface area (Å²) in [5.74, 6) is -0.353. The minimum atomic E-state index is -0.481. The van der Waals surface area contributed by atoms with Crippen molar-refractivity contribution in [2.24, 2.45) is 0 Å². The van der Waals surface area contributed by atoms with Crippen molar-refractivity contribution in [3.63, 3.8) is 0 Å². The number of carbonyl (C=O) groups excluding carboxylic acids is 1. The van der Waals surface area contributed by atoms with Crippen LogP contribution in [0.15, 0.2) is 0 Å². The predicted molar refractivity (Wildman–Crippen MR) is 48.3 cm³/mol. The van der Waals surface area contributed by atoms with E-state index in [9.17, 15) is 4.79 Å². The van der Waals surface area contributed by atoms with E-state index >= 15 is 0 Å². The Morgan fingerprint density at radius 1 is 1.46 bits per heavy atom. The molecule has 1 N–H and O–H groups in total. The van der Waals surface area contributed by atoms with Crippen molar-refractivity contribution >= 4 is 5.97 Å². The normalized spacial score (nSPS) is 13.9. The number of hydrogen-bond donors (Lipinski definition) is 1. The molecule has 0 rings (SSSR count). The number of carbonyl (C=O) groups is 1. The number of rotatable bonds is 4. The molecule has 0 aromatic rings. The molecule has 0 aromatic heterocycles. The van der Waals surface area contributed by atoms with Gasteiger partial charge in [-0.05, 0) is 20.8 Å². The Labute approximate surface area is 78.8 Å². The van der Waals surface area contributed by atoms with E-state index in [0.717, 1.165) is 0 Å². The molecule has 1 unspecified atom stereocenters. The Balaban J connectivity index is 3.86. The van der Waals surface area contributed by atoms with Gasteiger partial charge in [0.2, 0.25) is 0 Å². The van der Waals surface area contributed by atoms with Gasteiger partial charge in [0.25, 0.3) is 0 Å². The molecule has 78 valence electrons. The van der Waals surface area contributed by atoms with Crippen LogP contribution < -0.4 is 0 Å². The largest absolute Gasteiger partial charge is 0.460 e. The molecule has 0 aromatic carbocycles. The van der Waals surface area contributed by atoms with Crippen LogP contribution in [0.1, 0.15) is 27.2 Å². The van der Waals surface area contributed by atoms with Crippen molar-refractivity contribution in [2.45, 2.75) is 38.9 Å². The lowest BCUT2D eigenvalue weighted by atomic mass is 10.2. The summed E-state index contributed by atoms with van der Waals surface area (Å²) in [5.41, 5.74) is -0.481. The quantitative estimate of drug-likeness (QED) is 0.664. The highest BCUT2D eigenvalue weighted by atomic mass is 16.6. The van der Waals surface area contributed by atoms with Gasteiger partial charge in [0.15, 0.2) is 0 Å². The second-order valence-corrected chi connectivity index (χ2v) is 3.83. The zero-order valence-corrected chi connectivity index (χ0v) is 8.66. The third-order valence-corrected chi connectivity index (χ3v) is 1.35. The van der Waals surface area contributed by atoms with Crippen LogP contribution in [0.3, 0.4) is 0 Å². The van der Waals surface area contributed by atoms with Gasteiger partial charge >= 0.3 is 5.97 Å². The van der Waals surface area contributed by atoms with E-state index in [2.05, 4.69) is 0 Å². The second-order valence-electron chi connectivity index (χ2n) is 3.83. The lowest BCUT2D eigenvalue weighted by Gasteiger charge is -2.21. The fourth-order valence-electron chi connectivity index (χ4n) is 0.791. The minimum absolute atomic E-state index is 0.0876. The first-order valence-electron chi connectivity index (χ1n) is 4.24. The topological polar surface area (TPSA) is 55.8 Å². The number of ether oxygens (including phenoxy) is 2. The van der Waals surface area contributed by atoms with E-state index in [0.29, 0.717) is 0 Å². The molecule has 0 fully saturated rings. The van der Waals surface area contributed by atoms with Crippen molar-refractivity contribution in [1.29, 1.82) is 0 Å². The first-order chi connectivity index (χ1) is 5.89. The maximum Gasteiger partial charge on any atom is 0.309 e. The van der Waals surface area contributed by atoms with E-state index in [1.54, 1.807) is 20.8 Å². The van der Waals surface area contributed by atoms with Crippen molar-refractivity contribution < 1.29 is 19.4 Å². The van der Waals surface area contributed by atoms with E-state index in [-0.39, 0.29) is 19.0 Å². The van der Waals surface area contributed by atoms with Crippen LogP contribution in [-0.2, 0) is 14.3 Å². The summed E-state index contributed by atoms with van der Waals surface area (Å²) in [5, 5.41) is 8.74. The van der Waals surface area contributed by atoms with Gasteiger partial charge in [-0.1, -0.05) is 0 Å². The van der Waals surface area contributed by atoms with Gasteiger partial charge in [-0.3, -0.25) is 4.79 Å². The van der Waals surface area contributed by atoms with E-state index < -0.39 is 11.7 Å². The summed E-state index contributed by atoms with van der Waals surface area (Å²) < 4.78 is 9.88. The molecule has 13 heavy (non-hydrogen) atoms. The smallest absolute Gasteiger partial charge is 0.309 e. The third kappa shape index (κ3) is 6.54. The zero-order valence-electron chi connectivity index (χ0n) is 8.66. The van der Waals surface area contributed by atoms with Crippen LogP contribution >= 0.6 is 0 Å². The summed E-state index contributed by atoms with van der Waals surface area (Å²) in [6.07, 6.45) is -0.376. The molecule has 4 nitrogen and oxygen atoms in total. The van der Waals surface area contributed by atoms with Gasteiger partial charge in [0, 0.05) is 7.11 Å². The average molecular weight is 190 g/mol. The molecule has 0 amide bonds.